The van der Waals surface area contributed by atoms with Crippen LogP contribution in [0.2, 0.25) is 0 Å². The van der Waals surface area contributed by atoms with E-state index in [1.54, 1.807) is 7.11 Å². The number of aromatic nitrogens is 1. The highest BCUT2D eigenvalue weighted by Gasteiger charge is 2.26. The van der Waals surface area contributed by atoms with E-state index in [0.29, 0.717) is 0 Å². The predicted molar refractivity (Wildman–Crippen MR) is 113 cm³/mol. The topological polar surface area (TPSA) is 54.1 Å². The van der Waals surface area contributed by atoms with Crippen LogP contribution in [0.3, 0.4) is 0 Å². The summed E-state index contributed by atoms with van der Waals surface area (Å²) in [5.41, 5.74) is 5.35. The number of rotatable bonds is 4. The van der Waals surface area contributed by atoms with Gasteiger partial charge in [-0.25, -0.2) is 0 Å². The molecule has 7 heteroatoms. The first-order valence-corrected chi connectivity index (χ1v) is 9.52. The zero-order valence-corrected chi connectivity index (χ0v) is 18.3. The first kappa shape index (κ1) is 22.6. The van der Waals surface area contributed by atoms with Gasteiger partial charge in [-0.05, 0) is 43.9 Å². The number of quaternary nitrogens is 1. The first-order valence-electron chi connectivity index (χ1n) is 9.52. The number of methoxy groups -OCH3 is 1. The second-order valence-corrected chi connectivity index (χ2v) is 7.99. The average Bonchev–Trinajstić information content (AvgIpc) is 3.16. The lowest BCUT2D eigenvalue weighted by atomic mass is 9.99. The van der Waals surface area contributed by atoms with E-state index in [2.05, 4.69) is 42.6 Å². The van der Waals surface area contributed by atoms with Crippen molar-refractivity contribution in [3.8, 4) is 5.75 Å². The zero-order chi connectivity index (χ0) is 18.3. The fourth-order valence-electron chi connectivity index (χ4n) is 4.42. The van der Waals surface area contributed by atoms with Gasteiger partial charge in [0.15, 0.2) is 0 Å². The number of hydrogen-bond acceptors (Lipinski definition) is 3. The molecule has 28 heavy (non-hydrogen) atoms. The van der Waals surface area contributed by atoms with Crippen LogP contribution in [0.15, 0.2) is 28.7 Å². The number of nitrogens with zero attached hydrogens (tertiary/aromatic N) is 1. The normalized spacial score (nSPS) is 15.8. The maximum atomic E-state index is 12.5. The summed E-state index contributed by atoms with van der Waals surface area (Å²) in [5.74, 6) is 0.833. The average molecular weight is 426 g/mol. The van der Waals surface area contributed by atoms with Crippen molar-refractivity contribution >= 4 is 29.0 Å². The van der Waals surface area contributed by atoms with Crippen LogP contribution in [-0.4, -0.2) is 37.2 Å². The fraction of sp³-hybridized carbons (Fsp3) is 0.476. The van der Waals surface area contributed by atoms with E-state index in [0.717, 1.165) is 58.3 Å². The summed E-state index contributed by atoms with van der Waals surface area (Å²) >= 11 is 0. The number of anilines is 1. The van der Waals surface area contributed by atoms with Gasteiger partial charge in [0.25, 0.3) is 5.56 Å². The van der Waals surface area contributed by atoms with Gasteiger partial charge in [0.2, 0.25) is 0 Å². The Bertz CT molecular complexity index is 951. The Morgan fingerprint density at radius 2 is 1.96 bits per heavy atom. The van der Waals surface area contributed by atoms with Crippen LogP contribution >= 0.6 is 12.4 Å². The van der Waals surface area contributed by atoms with Crippen molar-refractivity contribution in [1.82, 2.24) is 4.98 Å². The van der Waals surface area contributed by atoms with Crippen molar-refractivity contribution in [2.24, 2.45) is 0 Å². The van der Waals surface area contributed by atoms with Gasteiger partial charge in [0.1, 0.15) is 18.0 Å². The smallest absolute Gasteiger partial charge is 0.253 e. The molecule has 0 saturated heterocycles. The third kappa shape index (κ3) is 4.02. The Hall–Kier alpha value is -1.69. The predicted octanol–water partition coefficient (Wildman–Crippen LogP) is 0.965. The molecule has 0 fully saturated rings. The van der Waals surface area contributed by atoms with Crippen molar-refractivity contribution in [2.75, 3.05) is 33.1 Å². The van der Waals surface area contributed by atoms with Crippen molar-refractivity contribution in [2.45, 2.75) is 38.6 Å². The van der Waals surface area contributed by atoms with Gasteiger partial charge >= 0.3 is 0 Å². The minimum Gasteiger partial charge on any atom is -1.00 e. The SMILES string of the molecule is COc1cc(C[N+](C)(C)C2=CCCC2)cc2[nH]c(=O)c3c(c12)NCCC3.Cl.[Cl-]. The molecule has 0 bridgehead atoms. The molecule has 1 aliphatic heterocycles. The second kappa shape index (κ2) is 8.76. The molecule has 2 heterocycles. The number of H-pyrrole nitrogens is 1. The first-order chi connectivity index (χ1) is 12.5. The lowest BCUT2D eigenvalue weighted by Crippen LogP contribution is -3.00. The number of aromatic amines is 1. The maximum Gasteiger partial charge on any atom is 0.253 e. The molecule has 2 aromatic rings. The molecule has 5 nitrogen and oxygen atoms in total. The monoisotopic (exact) mass is 425 g/mol. The number of nitrogens with one attached hydrogen (secondary N) is 2. The van der Waals surface area contributed by atoms with Crippen LogP contribution in [-0.2, 0) is 13.0 Å². The van der Waals surface area contributed by atoms with Gasteiger partial charge in [-0.1, -0.05) is 0 Å². The molecule has 0 radical (unpaired) electrons. The van der Waals surface area contributed by atoms with Crippen LogP contribution in [0.5, 0.6) is 5.75 Å². The molecule has 0 saturated carbocycles. The highest BCUT2D eigenvalue weighted by Crippen LogP contribution is 2.36. The van der Waals surface area contributed by atoms with Crippen LogP contribution in [0.25, 0.3) is 10.9 Å². The largest absolute Gasteiger partial charge is 1.00 e. The molecule has 0 spiro atoms. The van der Waals surface area contributed by atoms with E-state index < -0.39 is 0 Å². The van der Waals surface area contributed by atoms with Gasteiger partial charge in [0, 0.05) is 24.1 Å². The number of fused-ring (bicyclic) bond motifs is 3. The molecule has 2 aliphatic rings. The molecular weight excluding hydrogens is 397 g/mol. The van der Waals surface area contributed by atoms with Crippen molar-refractivity contribution in [3.05, 3.63) is 45.4 Å². The van der Waals surface area contributed by atoms with Crippen molar-refractivity contribution in [1.29, 1.82) is 0 Å². The number of benzene rings is 1. The number of allylic oxidation sites excluding steroid dienone is 2. The van der Waals surface area contributed by atoms with Crippen LogP contribution in [0.1, 0.15) is 36.8 Å². The number of hydrogen-bond donors (Lipinski definition) is 2. The third-order valence-corrected chi connectivity index (χ3v) is 5.73. The Kier molecular flexibility index (Phi) is 7.07. The van der Waals surface area contributed by atoms with Gasteiger partial charge < -0.3 is 27.4 Å². The summed E-state index contributed by atoms with van der Waals surface area (Å²) in [6.07, 6.45) is 7.79. The lowest BCUT2D eigenvalue weighted by Gasteiger charge is -2.31. The minimum absolute atomic E-state index is 0. The van der Waals surface area contributed by atoms with Crippen molar-refractivity contribution < 1.29 is 21.6 Å². The summed E-state index contributed by atoms with van der Waals surface area (Å²) in [6, 6.07) is 4.25. The molecule has 2 N–H and O–H groups in total. The molecule has 1 aromatic carbocycles. The molecule has 1 aliphatic carbocycles. The highest BCUT2D eigenvalue weighted by molar-refractivity contribution is 5.98. The third-order valence-electron chi connectivity index (χ3n) is 5.73. The summed E-state index contributed by atoms with van der Waals surface area (Å²) in [7, 11) is 6.22. The Morgan fingerprint density at radius 3 is 2.64 bits per heavy atom. The molecule has 0 amide bonds. The fourth-order valence-corrected chi connectivity index (χ4v) is 4.42. The summed E-state index contributed by atoms with van der Waals surface area (Å²) < 4.78 is 6.58. The van der Waals surface area contributed by atoms with E-state index in [9.17, 15) is 4.79 Å². The summed E-state index contributed by atoms with van der Waals surface area (Å²) in [5, 5.41) is 4.42. The van der Waals surface area contributed by atoms with Crippen LogP contribution in [0, 0.1) is 0 Å². The molecule has 1 aromatic heterocycles. The quantitative estimate of drug-likeness (QED) is 0.717. The van der Waals surface area contributed by atoms with E-state index in [1.807, 2.05) is 0 Å². The number of ether oxygens (including phenoxy) is 1. The summed E-state index contributed by atoms with van der Waals surface area (Å²) in [6.45, 7) is 1.78. The molecule has 4 rings (SSSR count). The van der Waals surface area contributed by atoms with E-state index in [4.69, 9.17) is 4.74 Å². The van der Waals surface area contributed by atoms with Gasteiger partial charge in [-0.2, -0.15) is 0 Å². The lowest BCUT2D eigenvalue weighted by molar-refractivity contribution is -0.867. The van der Waals surface area contributed by atoms with Gasteiger partial charge in [0.05, 0.1) is 37.8 Å². The van der Waals surface area contributed by atoms with Gasteiger partial charge in [-0.15, -0.1) is 12.4 Å². The molecule has 154 valence electrons. The highest BCUT2D eigenvalue weighted by atomic mass is 35.5. The van der Waals surface area contributed by atoms with E-state index in [-0.39, 0.29) is 30.4 Å². The minimum atomic E-state index is 0. The Balaban J connectivity index is 0.00000140. The molecular formula is C21H29Cl2N3O2. The van der Waals surface area contributed by atoms with Crippen LogP contribution < -0.4 is 28.0 Å². The number of halogens is 2. The molecule has 0 atom stereocenters. The zero-order valence-electron chi connectivity index (χ0n) is 16.7. The van der Waals surface area contributed by atoms with Gasteiger partial charge in [-0.3, -0.25) is 9.28 Å². The molecule has 0 unspecified atom stereocenters. The summed E-state index contributed by atoms with van der Waals surface area (Å²) in [4.78, 5) is 15.6. The van der Waals surface area contributed by atoms with E-state index in [1.165, 1.54) is 30.5 Å². The number of pyridine rings is 1. The standard InChI is InChI=1S/C21H27N3O2.2ClH/c1-24(2,15-7-4-5-8-15)13-14-11-17-19(18(12-14)26-3)20-16(21(25)23-17)9-6-10-22-20;;/h7,11-12H,4-6,8-10,13H2,1-3H3,(H-,22,23,25);2*1H. The van der Waals surface area contributed by atoms with Crippen LogP contribution in [0.4, 0.5) is 5.69 Å². The Morgan fingerprint density at radius 1 is 1.18 bits per heavy atom. The second-order valence-electron chi connectivity index (χ2n) is 7.99. The maximum absolute atomic E-state index is 12.5. The van der Waals surface area contributed by atoms with E-state index >= 15 is 0 Å². The van der Waals surface area contributed by atoms with Crippen molar-refractivity contribution in [3.63, 3.8) is 0 Å². The Labute approximate surface area is 178 Å².